The molecule has 2 heterocycles. The Labute approximate surface area is 159 Å². The third-order valence-corrected chi connectivity index (χ3v) is 5.27. The average Bonchev–Trinajstić information content (AvgIpc) is 3.00. The highest BCUT2D eigenvalue weighted by Crippen LogP contribution is 2.33. The van der Waals surface area contributed by atoms with Gasteiger partial charge in [-0.3, -0.25) is 4.98 Å². The zero-order valence-corrected chi connectivity index (χ0v) is 16.1. The number of ether oxygens (including phenoxy) is 1. The molecule has 0 atom stereocenters. The van der Waals surface area contributed by atoms with E-state index in [9.17, 15) is 13.2 Å². The van der Waals surface area contributed by atoms with Gasteiger partial charge in [0.25, 0.3) is 0 Å². The Balaban J connectivity index is 2.21. The van der Waals surface area contributed by atoms with Crippen molar-refractivity contribution in [1.29, 1.82) is 0 Å². The molecule has 0 unspecified atom stereocenters. The highest BCUT2D eigenvalue weighted by atomic mass is 35.5. The van der Waals surface area contributed by atoms with E-state index in [1.807, 2.05) is 6.92 Å². The summed E-state index contributed by atoms with van der Waals surface area (Å²) < 4.78 is 31.0. The van der Waals surface area contributed by atoms with Gasteiger partial charge in [0.2, 0.25) is 5.88 Å². The number of esters is 1. The van der Waals surface area contributed by atoms with Crippen LogP contribution in [-0.4, -0.2) is 35.4 Å². The van der Waals surface area contributed by atoms with E-state index in [1.165, 1.54) is 35.3 Å². The number of hydrogen-bond acceptors (Lipinski definition) is 6. The van der Waals surface area contributed by atoms with Gasteiger partial charge in [-0.1, -0.05) is 23.2 Å². The number of pyridine rings is 1. The standard InChI is InChI=1S/C16H13Cl2N3O4S/c1-3-21-13(4-5-20-21)25-16(22)14-11(18)7-12(26(2,23)24)10-6-9(17)8-19-15(10)14/h4-8H,3H2,1-2H3. The average molecular weight is 414 g/mol. The van der Waals surface area contributed by atoms with E-state index in [2.05, 4.69) is 10.1 Å². The van der Waals surface area contributed by atoms with E-state index in [0.717, 1.165) is 6.26 Å². The highest BCUT2D eigenvalue weighted by Gasteiger charge is 2.24. The Kier molecular flexibility index (Phi) is 4.92. The molecule has 1 aromatic carbocycles. The second kappa shape index (κ2) is 6.86. The maximum Gasteiger partial charge on any atom is 0.348 e. The second-order valence-electron chi connectivity index (χ2n) is 5.43. The van der Waals surface area contributed by atoms with E-state index < -0.39 is 15.8 Å². The molecule has 0 aliphatic rings. The zero-order valence-electron chi connectivity index (χ0n) is 13.7. The van der Waals surface area contributed by atoms with Gasteiger partial charge in [-0.25, -0.2) is 17.9 Å². The summed E-state index contributed by atoms with van der Waals surface area (Å²) in [5, 5.41) is 4.36. The Hall–Kier alpha value is -2.16. The number of rotatable bonds is 4. The van der Waals surface area contributed by atoms with Crippen molar-refractivity contribution >= 4 is 49.9 Å². The van der Waals surface area contributed by atoms with Gasteiger partial charge < -0.3 is 4.74 Å². The zero-order chi connectivity index (χ0) is 19.1. The van der Waals surface area contributed by atoms with Gasteiger partial charge in [0, 0.05) is 30.4 Å². The monoisotopic (exact) mass is 413 g/mol. The number of aryl methyl sites for hydroxylation is 1. The van der Waals surface area contributed by atoms with Crippen LogP contribution in [0.2, 0.25) is 10.0 Å². The van der Waals surface area contributed by atoms with Gasteiger partial charge in [-0.2, -0.15) is 5.10 Å². The molecule has 0 amide bonds. The van der Waals surface area contributed by atoms with E-state index in [0.29, 0.717) is 6.54 Å². The van der Waals surface area contributed by atoms with Gasteiger partial charge in [0.1, 0.15) is 5.56 Å². The normalized spacial score (nSPS) is 11.7. The first-order valence-electron chi connectivity index (χ1n) is 7.44. The van der Waals surface area contributed by atoms with E-state index in [1.54, 1.807) is 0 Å². The summed E-state index contributed by atoms with van der Waals surface area (Å²) >= 11 is 12.2. The number of fused-ring (bicyclic) bond motifs is 1. The Morgan fingerprint density at radius 2 is 2.04 bits per heavy atom. The minimum absolute atomic E-state index is 0.0467. The molecule has 0 saturated carbocycles. The maximum atomic E-state index is 12.7. The molecule has 3 rings (SSSR count). The van der Waals surface area contributed by atoms with Crippen LogP contribution < -0.4 is 4.74 Å². The fourth-order valence-corrected chi connectivity index (χ4v) is 3.88. The van der Waals surface area contributed by atoms with Crippen LogP contribution in [0, 0.1) is 0 Å². The van der Waals surface area contributed by atoms with Crippen LogP contribution in [0.25, 0.3) is 10.9 Å². The summed E-state index contributed by atoms with van der Waals surface area (Å²) in [5.41, 5.74) is 0.0458. The summed E-state index contributed by atoms with van der Waals surface area (Å²) in [6.45, 7) is 2.35. The lowest BCUT2D eigenvalue weighted by molar-refractivity contribution is 0.0720. The van der Waals surface area contributed by atoms with Crippen molar-refractivity contribution in [3.63, 3.8) is 0 Å². The van der Waals surface area contributed by atoms with Crippen LogP contribution in [0.5, 0.6) is 5.88 Å². The van der Waals surface area contributed by atoms with Crippen molar-refractivity contribution in [1.82, 2.24) is 14.8 Å². The van der Waals surface area contributed by atoms with E-state index in [4.69, 9.17) is 27.9 Å². The fourth-order valence-electron chi connectivity index (χ4n) is 2.50. The van der Waals surface area contributed by atoms with Crippen LogP contribution in [0.1, 0.15) is 17.3 Å². The van der Waals surface area contributed by atoms with Crippen LogP contribution in [-0.2, 0) is 16.4 Å². The molecule has 0 bridgehead atoms. The van der Waals surface area contributed by atoms with Crippen LogP contribution >= 0.6 is 23.2 Å². The minimum Gasteiger partial charge on any atom is -0.404 e. The van der Waals surface area contributed by atoms with Crippen molar-refractivity contribution in [2.24, 2.45) is 0 Å². The molecule has 0 spiro atoms. The lowest BCUT2D eigenvalue weighted by Crippen LogP contribution is -2.14. The summed E-state index contributed by atoms with van der Waals surface area (Å²) in [4.78, 5) is 16.7. The molecule has 7 nitrogen and oxygen atoms in total. The Bertz CT molecular complexity index is 1130. The summed E-state index contributed by atoms with van der Waals surface area (Å²) in [5.74, 6) is -0.534. The third-order valence-electron chi connectivity index (χ3n) is 3.63. The second-order valence-corrected chi connectivity index (χ2v) is 8.26. The number of hydrogen-bond donors (Lipinski definition) is 0. The molecule has 0 fully saturated rings. The summed E-state index contributed by atoms with van der Waals surface area (Å²) in [6, 6.07) is 4.15. The fraction of sp³-hybridized carbons (Fsp3) is 0.188. The number of aromatic nitrogens is 3. The number of nitrogens with zero attached hydrogens (tertiary/aromatic N) is 3. The molecule has 0 aliphatic heterocycles. The molecule has 0 N–H and O–H groups in total. The predicted octanol–water partition coefficient (Wildman–Crippen LogP) is 3.38. The SMILES string of the molecule is CCn1nccc1OC(=O)c1c(Cl)cc(S(C)(=O)=O)c2cc(Cl)cnc12. The largest absolute Gasteiger partial charge is 0.404 e. The highest BCUT2D eigenvalue weighted by molar-refractivity contribution is 7.91. The molecular weight excluding hydrogens is 401 g/mol. The number of halogens is 2. The van der Waals surface area contributed by atoms with Crippen LogP contribution in [0.15, 0.2) is 35.5 Å². The van der Waals surface area contributed by atoms with Gasteiger partial charge in [0.15, 0.2) is 9.84 Å². The third kappa shape index (κ3) is 3.40. The van der Waals surface area contributed by atoms with Crippen LogP contribution in [0.4, 0.5) is 0 Å². The first-order chi connectivity index (χ1) is 12.2. The minimum atomic E-state index is -3.62. The van der Waals surface area contributed by atoms with Gasteiger partial charge in [-0.05, 0) is 19.1 Å². The van der Waals surface area contributed by atoms with Crippen molar-refractivity contribution in [3.05, 3.63) is 46.2 Å². The molecule has 136 valence electrons. The smallest absolute Gasteiger partial charge is 0.348 e. The van der Waals surface area contributed by atoms with Crippen LogP contribution in [0.3, 0.4) is 0 Å². The van der Waals surface area contributed by atoms with Crippen molar-refractivity contribution < 1.29 is 17.9 Å². The Morgan fingerprint density at radius 3 is 2.69 bits per heavy atom. The van der Waals surface area contributed by atoms with E-state index >= 15 is 0 Å². The molecule has 0 aliphatic carbocycles. The summed E-state index contributed by atoms with van der Waals surface area (Å²) in [7, 11) is -3.62. The lowest BCUT2D eigenvalue weighted by Gasteiger charge is -2.12. The Morgan fingerprint density at radius 1 is 1.31 bits per heavy atom. The predicted molar refractivity (Wildman–Crippen MR) is 97.7 cm³/mol. The molecule has 2 aromatic heterocycles. The van der Waals surface area contributed by atoms with Gasteiger partial charge >= 0.3 is 5.97 Å². The maximum absolute atomic E-state index is 12.7. The number of carbonyl (C=O) groups is 1. The molecule has 0 radical (unpaired) electrons. The van der Waals surface area contributed by atoms with E-state index in [-0.39, 0.29) is 37.3 Å². The first kappa shape index (κ1) is 18.6. The van der Waals surface area contributed by atoms with Crippen molar-refractivity contribution in [2.75, 3.05) is 6.26 Å². The number of carbonyl (C=O) groups excluding carboxylic acids is 1. The number of benzene rings is 1. The first-order valence-corrected chi connectivity index (χ1v) is 10.1. The molecule has 0 saturated heterocycles. The molecule has 3 aromatic rings. The quantitative estimate of drug-likeness (QED) is 0.608. The molecule has 10 heteroatoms. The molecular formula is C16H13Cl2N3O4S. The van der Waals surface area contributed by atoms with Crippen molar-refractivity contribution in [3.8, 4) is 5.88 Å². The molecule has 26 heavy (non-hydrogen) atoms. The lowest BCUT2D eigenvalue weighted by atomic mass is 10.1. The summed E-state index contributed by atoms with van der Waals surface area (Å²) in [6.07, 6.45) is 3.84. The van der Waals surface area contributed by atoms with Crippen molar-refractivity contribution in [2.45, 2.75) is 18.4 Å². The topological polar surface area (TPSA) is 91.2 Å². The van der Waals surface area contributed by atoms with Gasteiger partial charge in [-0.15, -0.1) is 0 Å². The number of sulfone groups is 1. The van der Waals surface area contributed by atoms with Gasteiger partial charge in [0.05, 0.1) is 26.7 Å².